The van der Waals surface area contributed by atoms with Crippen molar-refractivity contribution in [1.29, 1.82) is 0 Å². The molecule has 3 heteroatoms. The third-order valence-electron chi connectivity index (χ3n) is 2.58. The first-order valence-corrected chi connectivity index (χ1v) is 6.30. The molecule has 0 aromatic rings. The molecule has 0 aromatic carbocycles. The molecule has 0 fully saturated rings. The molecule has 0 aliphatic carbocycles. The molecule has 0 aliphatic heterocycles. The fourth-order valence-corrected chi connectivity index (χ4v) is 1.62. The highest BCUT2D eigenvalue weighted by Crippen LogP contribution is 2.13. The van der Waals surface area contributed by atoms with E-state index in [4.69, 9.17) is 5.73 Å². The van der Waals surface area contributed by atoms with Crippen LogP contribution in [0.3, 0.4) is 0 Å². The Hall–Kier alpha value is -2.03. The summed E-state index contributed by atoms with van der Waals surface area (Å²) in [5.74, 6) is 0.428. The van der Waals surface area contributed by atoms with E-state index in [1.54, 1.807) is 7.05 Å². The molecule has 0 atom stereocenters. The van der Waals surface area contributed by atoms with E-state index in [0.29, 0.717) is 5.82 Å². The van der Waals surface area contributed by atoms with Crippen molar-refractivity contribution in [2.24, 2.45) is 10.7 Å². The van der Waals surface area contributed by atoms with Crippen LogP contribution in [0.25, 0.3) is 0 Å². The van der Waals surface area contributed by atoms with Crippen molar-refractivity contribution in [1.82, 2.24) is 5.32 Å². The van der Waals surface area contributed by atoms with Gasteiger partial charge in [0, 0.05) is 12.7 Å². The Labute approximate surface area is 117 Å². The highest BCUT2D eigenvalue weighted by Gasteiger charge is 2.08. The summed E-state index contributed by atoms with van der Waals surface area (Å²) in [4.78, 5) is 4.38. The van der Waals surface area contributed by atoms with E-state index in [-0.39, 0.29) is 0 Å². The smallest absolute Gasteiger partial charge is 0.0928 e. The van der Waals surface area contributed by atoms with Gasteiger partial charge >= 0.3 is 0 Å². The second-order valence-corrected chi connectivity index (χ2v) is 4.12. The van der Waals surface area contributed by atoms with Gasteiger partial charge in [0.1, 0.15) is 0 Å². The van der Waals surface area contributed by atoms with Gasteiger partial charge in [-0.3, -0.25) is 4.99 Å². The number of nitrogens with zero attached hydrogens (tertiary/aromatic N) is 1. The monoisotopic (exact) mass is 259 g/mol. The molecule has 3 nitrogen and oxygen atoms in total. The Bertz CT molecular complexity index is 460. The largest absolute Gasteiger partial charge is 0.386 e. The molecule has 0 aliphatic rings. The molecule has 104 valence electrons. The molecular formula is C16H25N3. The third-order valence-corrected chi connectivity index (χ3v) is 2.58. The Balaban J connectivity index is 5.58. The van der Waals surface area contributed by atoms with Gasteiger partial charge in [-0.1, -0.05) is 37.0 Å². The van der Waals surface area contributed by atoms with Gasteiger partial charge in [-0.05, 0) is 38.8 Å². The SMILES string of the molecule is C=C(N)N/C(C)=C(C)/C(=N\C)C(/C=C\C)=C/C=C/C. The van der Waals surface area contributed by atoms with E-state index >= 15 is 0 Å². The van der Waals surface area contributed by atoms with Crippen molar-refractivity contribution in [3.63, 3.8) is 0 Å². The molecule has 0 radical (unpaired) electrons. The maximum Gasteiger partial charge on any atom is 0.0928 e. The van der Waals surface area contributed by atoms with Crippen LogP contribution in [-0.4, -0.2) is 12.8 Å². The lowest BCUT2D eigenvalue weighted by Crippen LogP contribution is -2.20. The summed E-state index contributed by atoms with van der Waals surface area (Å²) in [5.41, 5.74) is 9.55. The van der Waals surface area contributed by atoms with E-state index < -0.39 is 0 Å². The highest BCUT2D eigenvalue weighted by atomic mass is 15.0. The van der Waals surface area contributed by atoms with Crippen LogP contribution in [0.2, 0.25) is 0 Å². The van der Waals surface area contributed by atoms with Crippen molar-refractivity contribution in [2.75, 3.05) is 7.05 Å². The number of rotatable bonds is 6. The fraction of sp³-hybridized carbons (Fsp3) is 0.312. The predicted octanol–water partition coefficient (Wildman–Crippen LogP) is 3.45. The van der Waals surface area contributed by atoms with Crippen molar-refractivity contribution in [3.05, 3.63) is 59.6 Å². The number of nitrogens with two attached hydrogens (primary N) is 1. The zero-order valence-corrected chi connectivity index (χ0v) is 12.6. The van der Waals surface area contributed by atoms with Crippen molar-refractivity contribution in [2.45, 2.75) is 27.7 Å². The quantitative estimate of drug-likeness (QED) is 0.567. The van der Waals surface area contributed by atoms with Crippen LogP contribution in [0, 0.1) is 0 Å². The summed E-state index contributed by atoms with van der Waals surface area (Å²) in [6.45, 7) is 11.6. The first-order valence-electron chi connectivity index (χ1n) is 6.30. The van der Waals surface area contributed by atoms with Crippen molar-refractivity contribution in [3.8, 4) is 0 Å². The van der Waals surface area contributed by atoms with Crippen molar-refractivity contribution >= 4 is 5.71 Å². The molecule has 0 heterocycles. The van der Waals surface area contributed by atoms with Crippen LogP contribution in [0.4, 0.5) is 0 Å². The standard InChI is InChI=1S/C16H25N3/c1-7-9-11-15(10-8-2)16(18-6)12(3)13(4)19-14(5)17/h7-11,19H,5,17H2,1-4,6H3/b9-7+,10-8-,13-12+,15-11+,18-16+. The Morgan fingerprint density at radius 1 is 1.21 bits per heavy atom. The van der Waals surface area contributed by atoms with E-state index in [2.05, 4.69) is 16.9 Å². The third kappa shape index (κ3) is 5.91. The second kappa shape index (κ2) is 8.97. The predicted molar refractivity (Wildman–Crippen MR) is 85.9 cm³/mol. The zero-order valence-electron chi connectivity index (χ0n) is 12.6. The van der Waals surface area contributed by atoms with Gasteiger partial charge in [-0.25, -0.2) is 0 Å². The van der Waals surface area contributed by atoms with Crippen LogP contribution in [0.15, 0.2) is 64.6 Å². The van der Waals surface area contributed by atoms with Crippen LogP contribution < -0.4 is 11.1 Å². The lowest BCUT2D eigenvalue weighted by Gasteiger charge is -2.13. The van der Waals surface area contributed by atoms with Crippen LogP contribution in [0.1, 0.15) is 27.7 Å². The molecule has 0 unspecified atom stereocenters. The lowest BCUT2D eigenvalue weighted by molar-refractivity contribution is 0.941. The Morgan fingerprint density at radius 3 is 2.26 bits per heavy atom. The Morgan fingerprint density at radius 2 is 1.84 bits per heavy atom. The molecule has 19 heavy (non-hydrogen) atoms. The topological polar surface area (TPSA) is 50.4 Å². The highest BCUT2D eigenvalue weighted by molar-refractivity contribution is 6.14. The number of hydrogen-bond acceptors (Lipinski definition) is 3. The average molecular weight is 259 g/mol. The average Bonchev–Trinajstić information content (AvgIpc) is 2.35. The van der Waals surface area contributed by atoms with E-state index in [1.165, 1.54) is 0 Å². The molecule has 0 amide bonds. The van der Waals surface area contributed by atoms with Crippen molar-refractivity contribution < 1.29 is 0 Å². The maximum atomic E-state index is 5.57. The molecule has 0 spiro atoms. The molecule has 0 rings (SSSR count). The van der Waals surface area contributed by atoms with Gasteiger partial charge in [-0.2, -0.15) is 0 Å². The number of aliphatic imine (C=N–C) groups is 1. The Kier molecular flexibility index (Phi) is 8.02. The lowest BCUT2D eigenvalue weighted by atomic mass is 10.0. The minimum atomic E-state index is 0.428. The number of hydrogen-bond donors (Lipinski definition) is 2. The summed E-state index contributed by atoms with van der Waals surface area (Å²) in [6.07, 6.45) is 10.1. The van der Waals surface area contributed by atoms with Gasteiger partial charge < -0.3 is 11.1 Å². The van der Waals surface area contributed by atoms with E-state index in [9.17, 15) is 0 Å². The fourth-order valence-electron chi connectivity index (χ4n) is 1.62. The van der Waals surface area contributed by atoms with Gasteiger partial charge in [-0.15, -0.1) is 0 Å². The van der Waals surface area contributed by atoms with E-state index in [1.807, 2.05) is 58.1 Å². The zero-order chi connectivity index (χ0) is 14.8. The van der Waals surface area contributed by atoms with E-state index in [0.717, 1.165) is 22.6 Å². The summed E-state index contributed by atoms with van der Waals surface area (Å²) >= 11 is 0. The molecular weight excluding hydrogens is 234 g/mol. The first-order chi connectivity index (χ1) is 8.97. The van der Waals surface area contributed by atoms with Gasteiger partial charge in [0.15, 0.2) is 0 Å². The summed E-state index contributed by atoms with van der Waals surface area (Å²) in [6, 6.07) is 0. The summed E-state index contributed by atoms with van der Waals surface area (Å²) < 4.78 is 0. The second-order valence-electron chi connectivity index (χ2n) is 4.12. The number of allylic oxidation sites excluding steroid dienone is 8. The van der Waals surface area contributed by atoms with Crippen LogP contribution in [0.5, 0.6) is 0 Å². The molecule has 0 saturated carbocycles. The maximum absolute atomic E-state index is 5.57. The van der Waals surface area contributed by atoms with Crippen LogP contribution >= 0.6 is 0 Å². The first kappa shape index (κ1) is 17.0. The van der Waals surface area contributed by atoms with Gasteiger partial charge in [0.25, 0.3) is 0 Å². The van der Waals surface area contributed by atoms with Crippen LogP contribution in [-0.2, 0) is 0 Å². The van der Waals surface area contributed by atoms with Gasteiger partial charge in [0.2, 0.25) is 0 Å². The minimum Gasteiger partial charge on any atom is -0.386 e. The molecule has 3 N–H and O–H groups in total. The summed E-state index contributed by atoms with van der Waals surface area (Å²) in [7, 11) is 1.79. The minimum absolute atomic E-state index is 0.428. The normalized spacial score (nSPS) is 15.0. The van der Waals surface area contributed by atoms with Gasteiger partial charge in [0.05, 0.1) is 11.5 Å². The summed E-state index contributed by atoms with van der Waals surface area (Å²) in [5, 5.41) is 3.02. The molecule has 0 bridgehead atoms. The number of nitrogens with one attached hydrogen (secondary N) is 1. The molecule has 0 aromatic heterocycles. The molecule has 0 saturated heterocycles.